The average molecular weight is 185 g/mol. The molecule has 0 aliphatic carbocycles. The van der Waals surface area contributed by atoms with Crippen LogP contribution in [0.15, 0.2) is 18.2 Å². The lowest BCUT2D eigenvalue weighted by Gasteiger charge is -1.90. The Balaban J connectivity index is 2.86. The van der Waals surface area contributed by atoms with E-state index in [1.54, 1.807) is 0 Å². The molecule has 0 bridgehead atoms. The van der Waals surface area contributed by atoms with Gasteiger partial charge in [-0.2, -0.15) is 4.37 Å². The van der Waals surface area contributed by atoms with Crippen LogP contribution in [0.3, 0.4) is 0 Å². The average Bonchev–Trinajstić information content (AvgIpc) is 2.32. The van der Waals surface area contributed by atoms with E-state index in [0.29, 0.717) is 5.15 Å². The fourth-order valence-electron chi connectivity index (χ4n) is 0.923. The molecule has 1 aromatic heterocycles. The zero-order valence-electron chi connectivity index (χ0n) is 5.54. The van der Waals surface area contributed by atoms with Gasteiger partial charge in [0.05, 0.1) is 4.70 Å². The standard InChI is InChI=1S/C7H5ClN2S/c8-7-5-2-1-4(9)3-6(5)11-10-7/h1-3H,9H2. The molecule has 2 rings (SSSR count). The van der Waals surface area contributed by atoms with Crippen LogP contribution in [0.4, 0.5) is 5.69 Å². The highest BCUT2D eigenvalue weighted by molar-refractivity contribution is 7.13. The predicted octanol–water partition coefficient (Wildman–Crippen LogP) is 2.53. The van der Waals surface area contributed by atoms with Gasteiger partial charge in [0.15, 0.2) is 5.15 Å². The molecule has 0 fully saturated rings. The van der Waals surface area contributed by atoms with E-state index < -0.39 is 0 Å². The van der Waals surface area contributed by atoms with Crippen molar-refractivity contribution in [3.63, 3.8) is 0 Å². The molecule has 0 spiro atoms. The van der Waals surface area contributed by atoms with Gasteiger partial charge in [0.25, 0.3) is 0 Å². The number of anilines is 1. The van der Waals surface area contributed by atoms with Gasteiger partial charge in [-0.05, 0) is 29.7 Å². The van der Waals surface area contributed by atoms with E-state index in [-0.39, 0.29) is 0 Å². The van der Waals surface area contributed by atoms with Gasteiger partial charge in [-0.15, -0.1) is 0 Å². The second kappa shape index (κ2) is 2.36. The zero-order valence-corrected chi connectivity index (χ0v) is 7.12. The lowest BCUT2D eigenvalue weighted by Crippen LogP contribution is -1.80. The maximum absolute atomic E-state index is 5.78. The number of rotatable bonds is 0. The van der Waals surface area contributed by atoms with E-state index in [4.69, 9.17) is 17.3 Å². The van der Waals surface area contributed by atoms with Crippen molar-refractivity contribution in [1.82, 2.24) is 4.37 Å². The lowest BCUT2D eigenvalue weighted by molar-refractivity contribution is 1.60. The molecular weight excluding hydrogens is 180 g/mol. The van der Waals surface area contributed by atoms with Crippen LogP contribution in [0.25, 0.3) is 10.1 Å². The summed E-state index contributed by atoms with van der Waals surface area (Å²) in [5, 5.41) is 1.54. The van der Waals surface area contributed by atoms with Crippen LogP contribution >= 0.6 is 23.1 Å². The van der Waals surface area contributed by atoms with E-state index >= 15 is 0 Å². The highest BCUT2D eigenvalue weighted by Gasteiger charge is 2.01. The summed E-state index contributed by atoms with van der Waals surface area (Å²) >= 11 is 7.15. The van der Waals surface area contributed by atoms with Gasteiger partial charge in [0, 0.05) is 11.1 Å². The number of nitrogens with two attached hydrogens (primary N) is 1. The van der Waals surface area contributed by atoms with Crippen molar-refractivity contribution in [2.45, 2.75) is 0 Å². The maximum atomic E-state index is 5.78. The summed E-state index contributed by atoms with van der Waals surface area (Å²) in [6.45, 7) is 0. The van der Waals surface area contributed by atoms with Crippen LogP contribution < -0.4 is 5.73 Å². The fraction of sp³-hybridized carbons (Fsp3) is 0. The number of benzene rings is 1. The summed E-state index contributed by atoms with van der Waals surface area (Å²) in [6, 6.07) is 5.58. The lowest BCUT2D eigenvalue weighted by atomic mass is 10.2. The molecule has 0 radical (unpaired) electrons. The first-order chi connectivity index (χ1) is 5.27. The monoisotopic (exact) mass is 184 g/mol. The minimum absolute atomic E-state index is 0.560. The molecule has 1 aromatic carbocycles. The number of hydrogen-bond acceptors (Lipinski definition) is 3. The van der Waals surface area contributed by atoms with E-state index in [0.717, 1.165) is 15.8 Å². The third-order valence-corrected chi connectivity index (χ3v) is 2.65. The number of hydrogen-bond donors (Lipinski definition) is 1. The summed E-state index contributed by atoms with van der Waals surface area (Å²) in [7, 11) is 0. The summed E-state index contributed by atoms with van der Waals surface area (Å²) < 4.78 is 5.03. The smallest absolute Gasteiger partial charge is 0.150 e. The Morgan fingerprint density at radius 1 is 1.45 bits per heavy atom. The number of halogens is 1. The van der Waals surface area contributed by atoms with Crippen molar-refractivity contribution in [2.75, 3.05) is 5.73 Å². The normalized spacial score (nSPS) is 10.6. The summed E-state index contributed by atoms with van der Waals surface area (Å²) in [5.74, 6) is 0. The topological polar surface area (TPSA) is 38.9 Å². The van der Waals surface area contributed by atoms with Gasteiger partial charge >= 0.3 is 0 Å². The first-order valence-corrected chi connectivity index (χ1v) is 4.23. The Bertz CT molecular complexity index is 396. The molecule has 2 aromatic rings. The van der Waals surface area contributed by atoms with Gasteiger partial charge in [-0.25, -0.2) is 0 Å². The van der Waals surface area contributed by atoms with Crippen molar-refractivity contribution in [3.8, 4) is 0 Å². The van der Waals surface area contributed by atoms with Crippen molar-refractivity contribution >= 4 is 38.9 Å². The molecule has 4 heteroatoms. The molecule has 0 aliphatic rings. The summed E-state index contributed by atoms with van der Waals surface area (Å²) in [6.07, 6.45) is 0. The second-order valence-corrected chi connectivity index (χ2v) is 3.39. The number of nitrogens with zero attached hydrogens (tertiary/aromatic N) is 1. The van der Waals surface area contributed by atoms with Crippen LogP contribution in [0, 0.1) is 0 Å². The molecular formula is C7H5ClN2S. The molecule has 11 heavy (non-hydrogen) atoms. The van der Waals surface area contributed by atoms with Gasteiger partial charge in [0.1, 0.15) is 0 Å². The Hall–Kier alpha value is -0.800. The Morgan fingerprint density at radius 2 is 2.27 bits per heavy atom. The van der Waals surface area contributed by atoms with Crippen LogP contribution in [0.1, 0.15) is 0 Å². The Labute approximate surface area is 72.8 Å². The first-order valence-electron chi connectivity index (χ1n) is 3.08. The van der Waals surface area contributed by atoms with Crippen molar-refractivity contribution in [2.24, 2.45) is 0 Å². The number of fused-ring (bicyclic) bond motifs is 1. The number of aromatic nitrogens is 1. The van der Waals surface area contributed by atoms with Crippen LogP contribution in [0.2, 0.25) is 5.15 Å². The molecule has 0 amide bonds. The van der Waals surface area contributed by atoms with Crippen molar-refractivity contribution in [1.29, 1.82) is 0 Å². The molecule has 0 aliphatic heterocycles. The second-order valence-electron chi connectivity index (χ2n) is 2.23. The van der Waals surface area contributed by atoms with Gasteiger partial charge < -0.3 is 5.73 Å². The highest BCUT2D eigenvalue weighted by Crippen LogP contribution is 2.27. The fourth-order valence-corrected chi connectivity index (χ4v) is 1.98. The molecule has 0 atom stereocenters. The minimum atomic E-state index is 0.560. The molecule has 2 N–H and O–H groups in total. The zero-order chi connectivity index (χ0) is 7.84. The first kappa shape index (κ1) is 6.88. The SMILES string of the molecule is Nc1ccc2c(Cl)nsc2c1. The molecule has 1 heterocycles. The summed E-state index contributed by atoms with van der Waals surface area (Å²) in [5.41, 5.74) is 6.32. The molecule has 0 saturated carbocycles. The van der Waals surface area contributed by atoms with Crippen LogP contribution in [0.5, 0.6) is 0 Å². The Morgan fingerprint density at radius 3 is 3.09 bits per heavy atom. The largest absolute Gasteiger partial charge is 0.399 e. The third kappa shape index (κ3) is 1.06. The van der Waals surface area contributed by atoms with Crippen molar-refractivity contribution < 1.29 is 0 Å². The highest BCUT2D eigenvalue weighted by atomic mass is 35.5. The van der Waals surface area contributed by atoms with Gasteiger partial charge in [-0.1, -0.05) is 11.6 Å². The van der Waals surface area contributed by atoms with Gasteiger partial charge in [-0.3, -0.25) is 0 Å². The minimum Gasteiger partial charge on any atom is -0.399 e. The van der Waals surface area contributed by atoms with Crippen molar-refractivity contribution in [3.05, 3.63) is 23.4 Å². The van der Waals surface area contributed by atoms with E-state index in [2.05, 4.69) is 4.37 Å². The third-order valence-electron chi connectivity index (χ3n) is 1.45. The number of nitrogen functional groups attached to an aromatic ring is 1. The Kier molecular flexibility index (Phi) is 1.47. The van der Waals surface area contributed by atoms with E-state index in [9.17, 15) is 0 Å². The van der Waals surface area contributed by atoms with E-state index in [1.807, 2.05) is 18.2 Å². The van der Waals surface area contributed by atoms with Crippen LogP contribution in [-0.2, 0) is 0 Å². The molecule has 0 saturated heterocycles. The quantitative estimate of drug-likeness (QED) is 0.639. The van der Waals surface area contributed by atoms with E-state index in [1.165, 1.54) is 11.5 Å². The molecule has 0 unspecified atom stereocenters. The molecule has 56 valence electrons. The summed E-state index contributed by atoms with van der Waals surface area (Å²) in [4.78, 5) is 0. The predicted molar refractivity (Wildman–Crippen MR) is 49.0 cm³/mol. The van der Waals surface area contributed by atoms with Crippen LogP contribution in [-0.4, -0.2) is 4.37 Å². The molecule has 2 nitrogen and oxygen atoms in total. The maximum Gasteiger partial charge on any atom is 0.150 e. The van der Waals surface area contributed by atoms with Gasteiger partial charge in [0.2, 0.25) is 0 Å².